The molecule has 2 heterocycles. The number of nitrogens with zero attached hydrogens (tertiary/aromatic N) is 4. The van der Waals surface area contributed by atoms with Gasteiger partial charge in [-0.25, -0.2) is 4.79 Å². The molecular formula is C21H22N4O6. The molecule has 0 bridgehead atoms. The van der Waals surface area contributed by atoms with Gasteiger partial charge in [-0.05, 0) is 30.7 Å². The van der Waals surface area contributed by atoms with Crippen molar-refractivity contribution in [1.82, 2.24) is 9.88 Å². The van der Waals surface area contributed by atoms with Gasteiger partial charge >= 0.3 is 5.97 Å². The van der Waals surface area contributed by atoms with Crippen molar-refractivity contribution < 1.29 is 24.3 Å². The van der Waals surface area contributed by atoms with Crippen molar-refractivity contribution in [3.8, 4) is 6.07 Å². The van der Waals surface area contributed by atoms with Crippen LogP contribution in [0.15, 0.2) is 36.5 Å². The Labute approximate surface area is 178 Å². The van der Waals surface area contributed by atoms with E-state index < -0.39 is 22.2 Å². The van der Waals surface area contributed by atoms with Gasteiger partial charge in [0.05, 0.1) is 47.6 Å². The summed E-state index contributed by atoms with van der Waals surface area (Å²) in [7, 11) is 0. The molecule has 10 heteroatoms. The summed E-state index contributed by atoms with van der Waals surface area (Å²) < 4.78 is 10.3. The SMILES string of the molecule is CCOC(=O)C(O)(c1ccc(CN2CCOCC2)cn1)c1cc(C#N)ccc1[N+](=O)[O-]. The average molecular weight is 426 g/mol. The molecule has 0 amide bonds. The molecule has 162 valence electrons. The Balaban J connectivity index is 2.04. The fourth-order valence-electron chi connectivity index (χ4n) is 3.39. The highest BCUT2D eigenvalue weighted by Gasteiger charge is 2.47. The molecule has 3 rings (SSSR count). The normalized spacial score (nSPS) is 16.2. The summed E-state index contributed by atoms with van der Waals surface area (Å²) >= 11 is 0. The summed E-state index contributed by atoms with van der Waals surface area (Å²) in [5.41, 5.74) is -2.68. The van der Waals surface area contributed by atoms with Crippen molar-refractivity contribution in [2.75, 3.05) is 32.9 Å². The quantitative estimate of drug-likeness (QED) is 0.396. The summed E-state index contributed by atoms with van der Waals surface area (Å²) in [6, 6.07) is 8.42. The number of nitro benzene ring substituents is 1. The fourth-order valence-corrected chi connectivity index (χ4v) is 3.39. The second-order valence-electron chi connectivity index (χ2n) is 6.97. The molecule has 1 aliphatic rings. The third-order valence-corrected chi connectivity index (χ3v) is 4.99. The largest absolute Gasteiger partial charge is 0.463 e. The maximum Gasteiger partial charge on any atom is 0.349 e. The van der Waals surface area contributed by atoms with Crippen LogP contribution in [0.25, 0.3) is 0 Å². The molecule has 1 saturated heterocycles. The number of benzene rings is 1. The van der Waals surface area contributed by atoms with E-state index in [1.165, 1.54) is 18.3 Å². The molecule has 0 saturated carbocycles. The van der Waals surface area contributed by atoms with E-state index in [2.05, 4.69) is 9.88 Å². The lowest BCUT2D eigenvalue weighted by Crippen LogP contribution is -2.40. The lowest BCUT2D eigenvalue weighted by Gasteiger charge is -2.27. The minimum Gasteiger partial charge on any atom is -0.463 e. The Bertz CT molecular complexity index is 998. The lowest BCUT2D eigenvalue weighted by molar-refractivity contribution is -0.386. The zero-order valence-corrected chi connectivity index (χ0v) is 17.0. The molecule has 1 aromatic heterocycles. The number of nitriles is 1. The smallest absolute Gasteiger partial charge is 0.349 e. The Hall–Kier alpha value is -3.39. The molecule has 1 atom stereocenters. The second-order valence-corrected chi connectivity index (χ2v) is 6.97. The molecule has 0 aliphatic carbocycles. The van der Waals surface area contributed by atoms with Crippen LogP contribution in [0.4, 0.5) is 5.69 Å². The van der Waals surface area contributed by atoms with Crippen LogP contribution in [0.3, 0.4) is 0 Å². The number of hydrogen-bond donors (Lipinski definition) is 1. The monoisotopic (exact) mass is 426 g/mol. The topological polar surface area (TPSA) is 139 Å². The first-order valence-corrected chi connectivity index (χ1v) is 9.74. The summed E-state index contributed by atoms with van der Waals surface area (Å²) in [5, 5.41) is 32.2. The third-order valence-electron chi connectivity index (χ3n) is 4.99. The zero-order chi connectivity index (χ0) is 22.4. The molecule has 1 aliphatic heterocycles. The zero-order valence-electron chi connectivity index (χ0n) is 17.0. The van der Waals surface area contributed by atoms with E-state index in [0.29, 0.717) is 19.8 Å². The highest BCUT2D eigenvalue weighted by atomic mass is 16.6. The van der Waals surface area contributed by atoms with Gasteiger partial charge in [-0.2, -0.15) is 5.26 Å². The van der Waals surface area contributed by atoms with E-state index in [9.17, 15) is 25.3 Å². The minimum absolute atomic E-state index is 0.0484. The molecule has 0 spiro atoms. The first kappa shape index (κ1) is 22.3. The average Bonchev–Trinajstić information content (AvgIpc) is 2.79. The predicted octanol–water partition coefficient (Wildman–Crippen LogP) is 1.49. The van der Waals surface area contributed by atoms with Crippen LogP contribution in [-0.2, 0) is 26.4 Å². The van der Waals surface area contributed by atoms with Gasteiger partial charge in [0.2, 0.25) is 5.60 Å². The van der Waals surface area contributed by atoms with Crippen LogP contribution >= 0.6 is 0 Å². The van der Waals surface area contributed by atoms with Gasteiger partial charge in [-0.3, -0.25) is 20.0 Å². The number of ether oxygens (including phenoxy) is 2. The van der Waals surface area contributed by atoms with Gasteiger partial charge in [0.25, 0.3) is 5.69 Å². The fraction of sp³-hybridized carbons (Fsp3) is 0.381. The highest BCUT2D eigenvalue weighted by Crippen LogP contribution is 2.36. The van der Waals surface area contributed by atoms with Gasteiger partial charge in [-0.1, -0.05) is 6.07 Å². The van der Waals surface area contributed by atoms with Gasteiger partial charge in [0, 0.05) is 31.9 Å². The summed E-state index contributed by atoms with van der Waals surface area (Å²) in [4.78, 5) is 30.1. The predicted molar refractivity (Wildman–Crippen MR) is 108 cm³/mol. The van der Waals surface area contributed by atoms with Gasteiger partial charge in [-0.15, -0.1) is 0 Å². The maximum absolute atomic E-state index is 12.8. The van der Waals surface area contributed by atoms with Crippen LogP contribution in [0.2, 0.25) is 0 Å². The van der Waals surface area contributed by atoms with E-state index in [1.807, 2.05) is 6.07 Å². The van der Waals surface area contributed by atoms with Crippen LogP contribution < -0.4 is 0 Å². The molecule has 1 unspecified atom stereocenters. The number of rotatable bonds is 7. The third kappa shape index (κ3) is 4.69. The van der Waals surface area contributed by atoms with E-state index in [4.69, 9.17) is 9.47 Å². The second kappa shape index (κ2) is 9.61. The molecule has 1 fully saturated rings. The first-order chi connectivity index (χ1) is 14.9. The summed E-state index contributed by atoms with van der Waals surface area (Å²) in [6.45, 7) is 4.96. The highest BCUT2D eigenvalue weighted by molar-refractivity contribution is 5.86. The maximum atomic E-state index is 12.8. The van der Waals surface area contributed by atoms with Crippen LogP contribution in [0.5, 0.6) is 0 Å². The molecule has 0 radical (unpaired) electrons. The first-order valence-electron chi connectivity index (χ1n) is 9.74. The van der Waals surface area contributed by atoms with Crippen molar-refractivity contribution in [2.45, 2.75) is 19.1 Å². The van der Waals surface area contributed by atoms with E-state index in [0.717, 1.165) is 30.8 Å². The molecular weight excluding hydrogens is 404 g/mol. The number of aromatic nitrogens is 1. The number of pyridine rings is 1. The standard InChI is InChI=1S/C21H22N4O6/c1-2-31-20(26)21(27,17-11-15(12-22)3-5-18(17)25(28)29)19-6-4-16(13-23-19)14-24-7-9-30-10-8-24/h3-6,11,13,27H,2,7-10,14H2,1H3. The van der Waals surface area contributed by atoms with E-state index in [1.54, 1.807) is 13.0 Å². The number of morpholine rings is 1. The number of carbonyl (C=O) groups is 1. The van der Waals surface area contributed by atoms with Crippen molar-refractivity contribution in [3.05, 3.63) is 69.0 Å². The Morgan fingerprint density at radius 2 is 2.13 bits per heavy atom. The van der Waals surface area contributed by atoms with Crippen molar-refractivity contribution >= 4 is 11.7 Å². The number of nitro groups is 1. The number of aliphatic hydroxyl groups is 1. The van der Waals surface area contributed by atoms with Crippen LogP contribution in [-0.4, -0.2) is 58.8 Å². The van der Waals surface area contributed by atoms with Crippen molar-refractivity contribution in [2.24, 2.45) is 0 Å². The number of carbonyl (C=O) groups excluding carboxylic acids is 1. The van der Waals surface area contributed by atoms with Crippen LogP contribution in [0, 0.1) is 21.4 Å². The molecule has 31 heavy (non-hydrogen) atoms. The van der Waals surface area contributed by atoms with Crippen LogP contribution in [0.1, 0.15) is 29.3 Å². The van der Waals surface area contributed by atoms with E-state index in [-0.39, 0.29) is 23.4 Å². The number of hydrogen-bond acceptors (Lipinski definition) is 9. The lowest BCUT2D eigenvalue weighted by atomic mass is 9.87. The van der Waals surface area contributed by atoms with Crippen molar-refractivity contribution in [1.29, 1.82) is 5.26 Å². The number of esters is 1. The van der Waals surface area contributed by atoms with Gasteiger partial charge in [0.1, 0.15) is 0 Å². The van der Waals surface area contributed by atoms with Crippen molar-refractivity contribution in [3.63, 3.8) is 0 Å². The van der Waals surface area contributed by atoms with E-state index >= 15 is 0 Å². The Kier molecular flexibility index (Phi) is 6.91. The van der Waals surface area contributed by atoms with Gasteiger partial charge < -0.3 is 14.6 Å². The Morgan fingerprint density at radius 3 is 2.71 bits per heavy atom. The summed E-state index contributed by atoms with van der Waals surface area (Å²) in [6.07, 6.45) is 1.51. The summed E-state index contributed by atoms with van der Waals surface area (Å²) in [5.74, 6) is -1.11. The molecule has 1 N–H and O–H groups in total. The van der Waals surface area contributed by atoms with Gasteiger partial charge in [0.15, 0.2) is 0 Å². The molecule has 10 nitrogen and oxygen atoms in total. The molecule has 1 aromatic carbocycles. The minimum atomic E-state index is -2.55. The Morgan fingerprint density at radius 1 is 1.39 bits per heavy atom. The molecule has 2 aromatic rings.